The molecular formula is C12H19NOS. The summed E-state index contributed by atoms with van der Waals surface area (Å²) < 4.78 is 0. The summed E-state index contributed by atoms with van der Waals surface area (Å²) in [5.74, 6) is 0.678. The summed E-state index contributed by atoms with van der Waals surface area (Å²) in [4.78, 5) is 1.06. The summed E-state index contributed by atoms with van der Waals surface area (Å²) in [5, 5.41) is 9.88. The van der Waals surface area contributed by atoms with Gasteiger partial charge in [-0.25, -0.2) is 0 Å². The molecule has 2 nitrogen and oxygen atoms in total. The molecule has 1 rings (SSSR count). The molecule has 0 aliphatic heterocycles. The van der Waals surface area contributed by atoms with Gasteiger partial charge >= 0.3 is 0 Å². The average Bonchev–Trinajstić information content (AvgIpc) is 2.20. The van der Waals surface area contributed by atoms with E-state index in [2.05, 4.69) is 0 Å². The van der Waals surface area contributed by atoms with Gasteiger partial charge in [0.25, 0.3) is 0 Å². The number of benzene rings is 1. The quantitative estimate of drug-likeness (QED) is 0.612. The van der Waals surface area contributed by atoms with Crippen LogP contribution in [0.3, 0.4) is 0 Å². The van der Waals surface area contributed by atoms with Crippen LogP contribution in [0.25, 0.3) is 0 Å². The smallest absolute Gasteiger partial charge is 0.0710 e. The molecule has 0 saturated heterocycles. The van der Waals surface area contributed by atoms with E-state index in [0.717, 1.165) is 22.6 Å². The summed E-state index contributed by atoms with van der Waals surface area (Å²) in [7, 11) is 0. The third kappa shape index (κ3) is 3.43. The molecule has 3 heteroatoms. The number of aliphatic hydroxyl groups is 1. The van der Waals surface area contributed by atoms with Crippen molar-refractivity contribution in [1.82, 2.24) is 0 Å². The van der Waals surface area contributed by atoms with E-state index >= 15 is 0 Å². The minimum absolute atomic E-state index is 0.610. The van der Waals surface area contributed by atoms with Crippen LogP contribution in [0.5, 0.6) is 0 Å². The van der Waals surface area contributed by atoms with Crippen LogP contribution in [0, 0.1) is 6.92 Å². The first kappa shape index (κ1) is 12.4. The fourth-order valence-electron chi connectivity index (χ4n) is 1.11. The van der Waals surface area contributed by atoms with Crippen molar-refractivity contribution in [1.29, 1.82) is 0 Å². The molecular weight excluding hydrogens is 206 g/mol. The maximum absolute atomic E-state index is 9.88. The molecule has 1 aromatic carbocycles. The first-order valence-electron chi connectivity index (χ1n) is 5.16. The Labute approximate surface area is 95.9 Å². The Morgan fingerprint density at radius 1 is 1.47 bits per heavy atom. The molecule has 1 aromatic rings. The van der Waals surface area contributed by atoms with Crippen LogP contribution < -0.4 is 5.73 Å². The maximum Gasteiger partial charge on any atom is 0.0710 e. The first-order chi connectivity index (χ1) is 6.96. The molecule has 84 valence electrons. The summed E-state index contributed by atoms with van der Waals surface area (Å²) in [6.07, 6.45) is 0.756. The van der Waals surface area contributed by atoms with Crippen molar-refractivity contribution in [3.63, 3.8) is 0 Å². The van der Waals surface area contributed by atoms with Crippen molar-refractivity contribution < 1.29 is 5.11 Å². The molecule has 0 aliphatic rings. The molecule has 0 aromatic heterocycles. The molecule has 1 unspecified atom stereocenters. The molecule has 3 N–H and O–H groups in total. The number of anilines is 1. The minimum Gasteiger partial charge on any atom is -0.398 e. The zero-order valence-electron chi connectivity index (χ0n) is 9.58. The highest BCUT2D eigenvalue weighted by atomic mass is 32.2. The molecule has 0 spiro atoms. The number of aryl methyl sites for hydroxylation is 1. The van der Waals surface area contributed by atoms with E-state index < -0.39 is 5.60 Å². The van der Waals surface area contributed by atoms with Crippen molar-refractivity contribution in [2.24, 2.45) is 0 Å². The second-order valence-corrected chi connectivity index (χ2v) is 5.14. The van der Waals surface area contributed by atoms with Gasteiger partial charge in [0.05, 0.1) is 5.60 Å². The first-order valence-corrected chi connectivity index (χ1v) is 6.15. The Morgan fingerprint density at radius 2 is 2.13 bits per heavy atom. The van der Waals surface area contributed by atoms with E-state index in [1.807, 2.05) is 39.0 Å². The Morgan fingerprint density at radius 3 is 2.73 bits per heavy atom. The largest absolute Gasteiger partial charge is 0.398 e. The standard InChI is InChI=1S/C12H19NOS/c1-4-12(3,14)8-15-10-7-5-6-9(2)11(10)13/h5-7,14H,4,8,13H2,1-3H3. The van der Waals surface area contributed by atoms with Gasteiger partial charge in [0.1, 0.15) is 0 Å². The fourth-order valence-corrected chi connectivity index (χ4v) is 2.28. The maximum atomic E-state index is 9.88. The lowest BCUT2D eigenvalue weighted by atomic mass is 10.1. The van der Waals surface area contributed by atoms with Crippen LogP contribution in [0.4, 0.5) is 5.69 Å². The number of hydrogen-bond acceptors (Lipinski definition) is 3. The zero-order valence-corrected chi connectivity index (χ0v) is 10.4. The predicted molar refractivity (Wildman–Crippen MR) is 67.2 cm³/mol. The number of nitrogen functional groups attached to an aromatic ring is 1. The molecule has 0 bridgehead atoms. The van der Waals surface area contributed by atoms with E-state index in [1.54, 1.807) is 11.8 Å². The summed E-state index contributed by atoms with van der Waals surface area (Å²) in [5.41, 5.74) is 7.26. The number of thioether (sulfide) groups is 1. The van der Waals surface area contributed by atoms with E-state index in [4.69, 9.17) is 5.73 Å². The van der Waals surface area contributed by atoms with Gasteiger partial charge in [0, 0.05) is 16.3 Å². The van der Waals surface area contributed by atoms with Crippen LogP contribution in [0.15, 0.2) is 23.1 Å². The normalized spacial score (nSPS) is 14.9. The second kappa shape index (κ2) is 4.90. The van der Waals surface area contributed by atoms with E-state index in [1.165, 1.54) is 0 Å². The predicted octanol–water partition coefficient (Wildman–Crippen LogP) is 2.83. The number of nitrogens with two attached hydrogens (primary N) is 1. The molecule has 0 radical (unpaired) electrons. The molecule has 1 atom stereocenters. The van der Waals surface area contributed by atoms with Gasteiger partial charge < -0.3 is 10.8 Å². The lowest BCUT2D eigenvalue weighted by Crippen LogP contribution is -2.25. The Bertz CT molecular complexity index is 336. The van der Waals surface area contributed by atoms with Crippen molar-refractivity contribution >= 4 is 17.4 Å². The number of para-hydroxylation sites is 1. The molecule has 0 aliphatic carbocycles. The third-order valence-electron chi connectivity index (χ3n) is 2.58. The van der Waals surface area contributed by atoms with Gasteiger partial charge in [-0.15, -0.1) is 11.8 Å². The summed E-state index contributed by atoms with van der Waals surface area (Å²) in [6, 6.07) is 5.99. The Hall–Kier alpha value is -0.670. The molecule has 0 saturated carbocycles. The van der Waals surface area contributed by atoms with Crippen molar-refractivity contribution in [3.8, 4) is 0 Å². The van der Waals surface area contributed by atoms with Crippen LogP contribution in [-0.4, -0.2) is 16.5 Å². The average molecular weight is 225 g/mol. The topological polar surface area (TPSA) is 46.2 Å². The highest BCUT2D eigenvalue weighted by molar-refractivity contribution is 7.99. The van der Waals surface area contributed by atoms with Gasteiger partial charge in [-0.3, -0.25) is 0 Å². The Balaban J connectivity index is 2.70. The highest BCUT2D eigenvalue weighted by Crippen LogP contribution is 2.30. The van der Waals surface area contributed by atoms with Crippen molar-refractivity contribution in [2.45, 2.75) is 37.7 Å². The summed E-state index contributed by atoms with van der Waals surface area (Å²) >= 11 is 1.62. The van der Waals surface area contributed by atoms with E-state index in [-0.39, 0.29) is 0 Å². The van der Waals surface area contributed by atoms with Gasteiger partial charge in [0.15, 0.2) is 0 Å². The van der Waals surface area contributed by atoms with E-state index in [9.17, 15) is 5.11 Å². The van der Waals surface area contributed by atoms with Gasteiger partial charge in [-0.05, 0) is 31.9 Å². The van der Waals surface area contributed by atoms with Gasteiger partial charge in [-0.2, -0.15) is 0 Å². The number of hydrogen-bond donors (Lipinski definition) is 2. The molecule has 0 heterocycles. The lowest BCUT2D eigenvalue weighted by Gasteiger charge is -2.21. The molecule has 0 amide bonds. The van der Waals surface area contributed by atoms with Gasteiger partial charge in [0.2, 0.25) is 0 Å². The Kier molecular flexibility index (Phi) is 4.05. The minimum atomic E-state index is -0.610. The molecule has 15 heavy (non-hydrogen) atoms. The van der Waals surface area contributed by atoms with Crippen molar-refractivity contribution in [3.05, 3.63) is 23.8 Å². The second-order valence-electron chi connectivity index (χ2n) is 4.13. The monoisotopic (exact) mass is 225 g/mol. The third-order valence-corrected chi connectivity index (χ3v) is 4.02. The number of rotatable bonds is 4. The van der Waals surface area contributed by atoms with Crippen LogP contribution in [-0.2, 0) is 0 Å². The van der Waals surface area contributed by atoms with Crippen LogP contribution in [0.2, 0.25) is 0 Å². The van der Waals surface area contributed by atoms with Crippen LogP contribution in [0.1, 0.15) is 25.8 Å². The summed E-state index contributed by atoms with van der Waals surface area (Å²) in [6.45, 7) is 5.84. The molecule has 0 fully saturated rings. The van der Waals surface area contributed by atoms with Crippen molar-refractivity contribution in [2.75, 3.05) is 11.5 Å². The van der Waals surface area contributed by atoms with E-state index in [0.29, 0.717) is 5.75 Å². The van der Waals surface area contributed by atoms with Gasteiger partial charge in [-0.1, -0.05) is 19.1 Å². The fraction of sp³-hybridized carbons (Fsp3) is 0.500. The SMILES string of the molecule is CCC(C)(O)CSc1cccc(C)c1N. The highest BCUT2D eigenvalue weighted by Gasteiger charge is 2.18. The zero-order chi connectivity index (χ0) is 11.5. The lowest BCUT2D eigenvalue weighted by molar-refractivity contribution is 0.0816. The van der Waals surface area contributed by atoms with Crippen LogP contribution >= 0.6 is 11.8 Å².